The molecule has 0 aromatic heterocycles. The van der Waals surface area contributed by atoms with Crippen LogP contribution < -0.4 is 5.73 Å². The van der Waals surface area contributed by atoms with Crippen LogP contribution in [0.15, 0.2) is 12.2 Å². The Kier molecular flexibility index (Phi) is 6.07. The van der Waals surface area contributed by atoms with Crippen LogP contribution in [0.5, 0.6) is 0 Å². The molecule has 0 saturated heterocycles. The molecular formula is C14H27NO. The van der Waals surface area contributed by atoms with Crippen molar-refractivity contribution in [3.8, 4) is 0 Å². The van der Waals surface area contributed by atoms with E-state index in [-0.39, 0.29) is 12.1 Å². The van der Waals surface area contributed by atoms with Crippen LogP contribution in [0.3, 0.4) is 0 Å². The van der Waals surface area contributed by atoms with Gasteiger partial charge in [0.25, 0.3) is 0 Å². The Labute approximate surface area is 100 Å². The van der Waals surface area contributed by atoms with Crippen molar-refractivity contribution in [2.24, 2.45) is 11.7 Å². The highest BCUT2D eigenvalue weighted by Crippen LogP contribution is 2.30. The Bertz CT molecular complexity index is 209. The predicted octanol–water partition coefficient (Wildman–Crippen LogP) is 3.27. The first kappa shape index (κ1) is 13.7. The van der Waals surface area contributed by atoms with Crippen molar-refractivity contribution in [1.82, 2.24) is 0 Å². The second kappa shape index (κ2) is 7.08. The minimum absolute atomic E-state index is 0.126. The van der Waals surface area contributed by atoms with E-state index in [2.05, 4.69) is 13.5 Å². The van der Waals surface area contributed by atoms with Crippen molar-refractivity contribution in [3.05, 3.63) is 12.2 Å². The molecule has 1 saturated carbocycles. The third-order valence-electron chi connectivity index (χ3n) is 3.83. The molecule has 0 heterocycles. The van der Waals surface area contributed by atoms with Crippen LogP contribution in [-0.2, 0) is 4.74 Å². The molecule has 1 aliphatic rings. The molecule has 2 nitrogen and oxygen atoms in total. The first-order chi connectivity index (χ1) is 7.69. The Balaban J connectivity index is 2.47. The number of hydrogen-bond acceptors (Lipinski definition) is 2. The van der Waals surface area contributed by atoms with Crippen molar-refractivity contribution < 1.29 is 4.74 Å². The zero-order valence-corrected chi connectivity index (χ0v) is 10.9. The van der Waals surface area contributed by atoms with Crippen molar-refractivity contribution in [2.45, 2.75) is 64.0 Å². The fourth-order valence-corrected chi connectivity index (χ4v) is 2.77. The lowest BCUT2D eigenvalue weighted by Crippen LogP contribution is -2.42. The molecule has 0 bridgehead atoms. The molecule has 1 aliphatic carbocycles. The first-order valence-electron chi connectivity index (χ1n) is 6.64. The third kappa shape index (κ3) is 3.91. The number of rotatable bonds is 6. The molecule has 1 fully saturated rings. The lowest BCUT2D eigenvalue weighted by atomic mass is 9.81. The second-order valence-electron chi connectivity index (χ2n) is 5.07. The normalized spacial score (nSPS) is 21.7. The topological polar surface area (TPSA) is 35.2 Å². The predicted molar refractivity (Wildman–Crippen MR) is 69.4 cm³/mol. The van der Waals surface area contributed by atoms with Crippen molar-refractivity contribution in [3.63, 3.8) is 0 Å². The molecule has 0 aromatic carbocycles. The second-order valence-corrected chi connectivity index (χ2v) is 5.07. The largest absolute Gasteiger partial charge is 0.380 e. The van der Waals surface area contributed by atoms with Gasteiger partial charge in [0.05, 0.1) is 6.10 Å². The summed E-state index contributed by atoms with van der Waals surface area (Å²) >= 11 is 0. The van der Waals surface area contributed by atoms with Gasteiger partial charge in [0, 0.05) is 13.2 Å². The SMILES string of the molecule is C=C(CC)CC(N)C(OC)C1CCCCC1. The van der Waals surface area contributed by atoms with E-state index < -0.39 is 0 Å². The van der Waals surface area contributed by atoms with Crippen molar-refractivity contribution >= 4 is 0 Å². The molecule has 2 unspecified atom stereocenters. The summed E-state index contributed by atoms with van der Waals surface area (Å²) in [6.07, 6.45) is 8.78. The first-order valence-corrected chi connectivity index (χ1v) is 6.64. The minimum atomic E-state index is 0.126. The summed E-state index contributed by atoms with van der Waals surface area (Å²) in [6.45, 7) is 6.18. The maximum Gasteiger partial charge on any atom is 0.0753 e. The molecule has 0 aromatic rings. The summed E-state index contributed by atoms with van der Waals surface area (Å²) in [5.41, 5.74) is 7.49. The van der Waals surface area contributed by atoms with Crippen LogP contribution >= 0.6 is 0 Å². The summed E-state index contributed by atoms with van der Waals surface area (Å²) in [6, 6.07) is 0.126. The third-order valence-corrected chi connectivity index (χ3v) is 3.83. The lowest BCUT2D eigenvalue weighted by Gasteiger charge is -2.33. The maximum atomic E-state index is 6.25. The van der Waals surface area contributed by atoms with E-state index in [1.54, 1.807) is 7.11 Å². The average molecular weight is 225 g/mol. The highest BCUT2D eigenvalue weighted by molar-refractivity contribution is 4.98. The molecule has 1 rings (SSSR count). The lowest BCUT2D eigenvalue weighted by molar-refractivity contribution is 0.0178. The van der Waals surface area contributed by atoms with Crippen LogP contribution in [0.1, 0.15) is 51.9 Å². The van der Waals surface area contributed by atoms with Gasteiger partial charge in [-0.1, -0.05) is 38.3 Å². The van der Waals surface area contributed by atoms with Gasteiger partial charge in [0.2, 0.25) is 0 Å². The van der Waals surface area contributed by atoms with Crippen LogP contribution in [0, 0.1) is 5.92 Å². The summed E-state index contributed by atoms with van der Waals surface area (Å²) < 4.78 is 5.63. The molecule has 0 spiro atoms. The van der Waals surface area contributed by atoms with E-state index >= 15 is 0 Å². The molecule has 2 N–H and O–H groups in total. The highest BCUT2D eigenvalue weighted by atomic mass is 16.5. The van der Waals surface area contributed by atoms with E-state index in [9.17, 15) is 0 Å². The average Bonchev–Trinajstić information content (AvgIpc) is 2.31. The van der Waals surface area contributed by atoms with E-state index in [4.69, 9.17) is 10.5 Å². The summed E-state index contributed by atoms with van der Waals surface area (Å²) in [7, 11) is 1.80. The van der Waals surface area contributed by atoms with E-state index in [0.29, 0.717) is 5.92 Å². The van der Waals surface area contributed by atoms with Gasteiger partial charge in [-0.25, -0.2) is 0 Å². The molecule has 94 valence electrons. The van der Waals surface area contributed by atoms with Gasteiger partial charge in [-0.15, -0.1) is 0 Å². The standard InChI is InChI=1S/C14H27NO/c1-4-11(2)10-13(15)14(16-3)12-8-6-5-7-9-12/h12-14H,2,4-10,15H2,1,3H3. The van der Waals surface area contributed by atoms with Crippen LogP contribution in [0.2, 0.25) is 0 Å². The molecular weight excluding hydrogens is 198 g/mol. The zero-order valence-electron chi connectivity index (χ0n) is 10.9. The Morgan fingerprint density at radius 2 is 2.00 bits per heavy atom. The molecule has 2 atom stereocenters. The quantitative estimate of drug-likeness (QED) is 0.704. The van der Waals surface area contributed by atoms with Gasteiger partial charge in [-0.2, -0.15) is 0 Å². The molecule has 2 heteroatoms. The van der Waals surface area contributed by atoms with Gasteiger partial charge in [0.15, 0.2) is 0 Å². The fourth-order valence-electron chi connectivity index (χ4n) is 2.77. The maximum absolute atomic E-state index is 6.25. The van der Waals surface area contributed by atoms with Gasteiger partial charge < -0.3 is 10.5 Å². The van der Waals surface area contributed by atoms with Crippen molar-refractivity contribution in [1.29, 1.82) is 0 Å². The summed E-state index contributed by atoms with van der Waals surface area (Å²) in [4.78, 5) is 0. The number of nitrogens with two attached hydrogens (primary N) is 1. The Morgan fingerprint density at radius 3 is 2.50 bits per heavy atom. The van der Waals surface area contributed by atoms with Gasteiger partial charge >= 0.3 is 0 Å². The minimum Gasteiger partial charge on any atom is -0.380 e. The smallest absolute Gasteiger partial charge is 0.0753 e. The highest BCUT2D eigenvalue weighted by Gasteiger charge is 2.28. The van der Waals surface area contributed by atoms with Gasteiger partial charge in [-0.05, 0) is 31.6 Å². The molecule has 16 heavy (non-hydrogen) atoms. The Morgan fingerprint density at radius 1 is 1.38 bits per heavy atom. The number of hydrogen-bond donors (Lipinski definition) is 1. The monoisotopic (exact) mass is 225 g/mol. The molecule has 0 aliphatic heterocycles. The van der Waals surface area contributed by atoms with Gasteiger partial charge in [0.1, 0.15) is 0 Å². The van der Waals surface area contributed by atoms with E-state index in [0.717, 1.165) is 12.8 Å². The van der Waals surface area contributed by atoms with Crippen molar-refractivity contribution in [2.75, 3.05) is 7.11 Å². The number of ether oxygens (including phenoxy) is 1. The van der Waals surface area contributed by atoms with Crippen LogP contribution in [0.25, 0.3) is 0 Å². The van der Waals surface area contributed by atoms with E-state index in [1.165, 1.54) is 37.7 Å². The number of methoxy groups -OCH3 is 1. The molecule has 0 radical (unpaired) electrons. The van der Waals surface area contributed by atoms with Gasteiger partial charge in [-0.3, -0.25) is 0 Å². The van der Waals surface area contributed by atoms with Crippen LogP contribution in [0.4, 0.5) is 0 Å². The summed E-state index contributed by atoms with van der Waals surface area (Å²) in [5.74, 6) is 0.665. The fraction of sp³-hybridized carbons (Fsp3) is 0.857. The van der Waals surface area contributed by atoms with Crippen LogP contribution in [-0.4, -0.2) is 19.3 Å². The Hall–Kier alpha value is -0.340. The molecule has 0 amide bonds. The van der Waals surface area contributed by atoms with E-state index in [1.807, 2.05) is 0 Å². The summed E-state index contributed by atoms with van der Waals surface area (Å²) in [5, 5.41) is 0. The zero-order chi connectivity index (χ0) is 12.0.